The van der Waals surface area contributed by atoms with Crippen molar-refractivity contribution < 1.29 is 13.2 Å². The standard InChI is InChI=1S/C14H22N2O3S/c1-19-12-6-4-11-5-7-14(13(11)10-12)15-8-3-9-16-20(2,17)18/h4,6,10,14-16H,3,5,7-9H2,1-2H3. The van der Waals surface area contributed by atoms with Crippen LogP contribution in [0.3, 0.4) is 0 Å². The van der Waals surface area contributed by atoms with E-state index in [1.165, 1.54) is 17.4 Å². The molecule has 1 aliphatic rings. The summed E-state index contributed by atoms with van der Waals surface area (Å²) in [6.45, 7) is 1.27. The summed E-state index contributed by atoms with van der Waals surface area (Å²) in [6.07, 6.45) is 4.13. The lowest BCUT2D eigenvalue weighted by Gasteiger charge is -2.14. The van der Waals surface area contributed by atoms with Crippen molar-refractivity contribution >= 4 is 10.0 Å². The van der Waals surface area contributed by atoms with Gasteiger partial charge in [0.25, 0.3) is 0 Å². The van der Waals surface area contributed by atoms with Gasteiger partial charge < -0.3 is 10.1 Å². The first-order chi connectivity index (χ1) is 9.49. The van der Waals surface area contributed by atoms with Gasteiger partial charge in [0.2, 0.25) is 10.0 Å². The third-order valence-corrected chi connectivity index (χ3v) is 4.27. The fraction of sp³-hybridized carbons (Fsp3) is 0.571. The van der Waals surface area contributed by atoms with Crippen LogP contribution in [0.1, 0.15) is 30.0 Å². The number of aryl methyl sites for hydroxylation is 1. The van der Waals surface area contributed by atoms with Crippen molar-refractivity contribution in [2.45, 2.75) is 25.3 Å². The molecule has 0 radical (unpaired) electrons. The van der Waals surface area contributed by atoms with Crippen LogP contribution in [0.15, 0.2) is 18.2 Å². The predicted molar refractivity (Wildman–Crippen MR) is 79.5 cm³/mol. The van der Waals surface area contributed by atoms with Crippen LogP contribution in [0, 0.1) is 0 Å². The van der Waals surface area contributed by atoms with Crippen LogP contribution < -0.4 is 14.8 Å². The molecule has 0 saturated heterocycles. The van der Waals surface area contributed by atoms with Crippen LogP contribution >= 0.6 is 0 Å². The zero-order chi connectivity index (χ0) is 14.6. The van der Waals surface area contributed by atoms with Gasteiger partial charge in [-0.2, -0.15) is 0 Å². The second-order valence-electron chi connectivity index (χ2n) is 5.13. The zero-order valence-corrected chi connectivity index (χ0v) is 12.8. The minimum absolute atomic E-state index is 0.346. The van der Waals surface area contributed by atoms with E-state index < -0.39 is 10.0 Å². The van der Waals surface area contributed by atoms with Crippen LogP contribution in [0.25, 0.3) is 0 Å². The molecule has 0 fully saturated rings. The number of nitrogens with one attached hydrogen (secondary N) is 2. The van der Waals surface area contributed by atoms with Gasteiger partial charge in [0, 0.05) is 12.6 Å². The molecule has 1 atom stereocenters. The molecule has 1 aliphatic carbocycles. The van der Waals surface area contributed by atoms with E-state index in [4.69, 9.17) is 4.74 Å². The highest BCUT2D eigenvalue weighted by Gasteiger charge is 2.22. The second-order valence-corrected chi connectivity index (χ2v) is 6.96. The van der Waals surface area contributed by atoms with Crippen LogP contribution in [0.4, 0.5) is 0 Å². The van der Waals surface area contributed by atoms with E-state index in [0.29, 0.717) is 12.6 Å². The SMILES string of the molecule is COc1ccc2c(c1)C(NCCCNS(C)(=O)=O)CC2. The second kappa shape index (κ2) is 6.56. The number of benzene rings is 1. The fourth-order valence-corrected chi connectivity index (χ4v) is 3.06. The molecule has 1 aromatic rings. The van der Waals surface area contributed by atoms with Gasteiger partial charge in [0.1, 0.15) is 5.75 Å². The summed E-state index contributed by atoms with van der Waals surface area (Å²) in [5.41, 5.74) is 2.68. The van der Waals surface area contributed by atoms with Crippen molar-refractivity contribution in [2.75, 3.05) is 26.5 Å². The summed E-state index contributed by atoms with van der Waals surface area (Å²) in [4.78, 5) is 0. The maximum Gasteiger partial charge on any atom is 0.208 e. The Kier molecular flexibility index (Phi) is 5.01. The molecule has 5 nitrogen and oxygen atoms in total. The molecule has 0 saturated carbocycles. The molecule has 0 aliphatic heterocycles. The number of rotatable bonds is 7. The molecule has 0 amide bonds. The molecule has 2 rings (SSSR count). The number of methoxy groups -OCH3 is 1. The Morgan fingerprint density at radius 2 is 2.15 bits per heavy atom. The van der Waals surface area contributed by atoms with Gasteiger partial charge in [0.05, 0.1) is 13.4 Å². The van der Waals surface area contributed by atoms with E-state index in [1.54, 1.807) is 7.11 Å². The normalized spacial score (nSPS) is 18.0. The number of sulfonamides is 1. The summed E-state index contributed by atoms with van der Waals surface area (Å²) >= 11 is 0. The van der Waals surface area contributed by atoms with Gasteiger partial charge in [-0.3, -0.25) is 0 Å². The van der Waals surface area contributed by atoms with Crippen LogP contribution in [-0.2, 0) is 16.4 Å². The maximum atomic E-state index is 10.9. The largest absolute Gasteiger partial charge is 0.497 e. The first-order valence-electron chi connectivity index (χ1n) is 6.84. The van der Waals surface area contributed by atoms with Gasteiger partial charge in [-0.15, -0.1) is 0 Å². The Hall–Kier alpha value is -1.11. The third kappa shape index (κ3) is 4.19. The van der Waals surface area contributed by atoms with Crippen LogP contribution in [0.2, 0.25) is 0 Å². The Balaban J connectivity index is 1.82. The molecule has 0 spiro atoms. The highest BCUT2D eigenvalue weighted by Crippen LogP contribution is 2.33. The molecule has 20 heavy (non-hydrogen) atoms. The van der Waals surface area contributed by atoms with E-state index in [1.807, 2.05) is 6.07 Å². The molecule has 0 aromatic heterocycles. The highest BCUT2D eigenvalue weighted by atomic mass is 32.2. The van der Waals surface area contributed by atoms with E-state index in [2.05, 4.69) is 22.2 Å². The topological polar surface area (TPSA) is 67.4 Å². The predicted octanol–water partition coefficient (Wildman–Crippen LogP) is 1.21. The molecule has 0 heterocycles. The van der Waals surface area contributed by atoms with Crippen molar-refractivity contribution in [1.29, 1.82) is 0 Å². The Morgan fingerprint density at radius 1 is 1.35 bits per heavy atom. The summed E-state index contributed by atoms with van der Waals surface area (Å²) in [5.74, 6) is 0.885. The molecular weight excluding hydrogens is 276 g/mol. The molecule has 1 unspecified atom stereocenters. The maximum absolute atomic E-state index is 10.9. The Bertz CT molecular complexity index is 558. The zero-order valence-electron chi connectivity index (χ0n) is 12.0. The van der Waals surface area contributed by atoms with E-state index in [0.717, 1.165) is 31.6 Å². The van der Waals surface area contributed by atoms with Gasteiger partial charge in [-0.25, -0.2) is 13.1 Å². The van der Waals surface area contributed by atoms with Crippen molar-refractivity contribution in [3.05, 3.63) is 29.3 Å². The summed E-state index contributed by atoms with van der Waals surface area (Å²) < 4.78 is 29.6. The van der Waals surface area contributed by atoms with Crippen LogP contribution in [-0.4, -0.2) is 34.9 Å². The summed E-state index contributed by atoms with van der Waals surface area (Å²) in [5, 5.41) is 3.48. The average Bonchev–Trinajstić information content (AvgIpc) is 2.79. The molecule has 112 valence electrons. The minimum Gasteiger partial charge on any atom is -0.497 e. The van der Waals surface area contributed by atoms with Crippen molar-refractivity contribution in [3.8, 4) is 5.75 Å². The lowest BCUT2D eigenvalue weighted by atomic mass is 10.1. The molecule has 6 heteroatoms. The minimum atomic E-state index is -3.08. The monoisotopic (exact) mass is 298 g/mol. The van der Waals surface area contributed by atoms with E-state index in [9.17, 15) is 8.42 Å². The molecular formula is C14H22N2O3S. The van der Waals surface area contributed by atoms with E-state index in [-0.39, 0.29) is 0 Å². The van der Waals surface area contributed by atoms with E-state index >= 15 is 0 Å². The summed E-state index contributed by atoms with van der Waals surface area (Å²) in [6, 6.07) is 6.56. The first kappa shape index (κ1) is 15.3. The number of hydrogen-bond donors (Lipinski definition) is 2. The molecule has 1 aromatic carbocycles. The van der Waals surface area contributed by atoms with Gasteiger partial charge in [0.15, 0.2) is 0 Å². The Morgan fingerprint density at radius 3 is 2.85 bits per heavy atom. The first-order valence-corrected chi connectivity index (χ1v) is 8.73. The number of hydrogen-bond acceptors (Lipinski definition) is 4. The van der Waals surface area contributed by atoms with Crippen molar-refractivity contribution in [1.82, 2.24) is 10.0 Å². The third-order valence-electron chi connectivity index (χ3n) is 3.54. The Labute approximate surface area is 120 Å². The van der Waals surface area contributed by atoms with Gasteiger partial charge >= 0.3 is 0 Å². The smallest absolute Gasteiger partial charge is 0.208 e. The average molecular weight is 298 g/mol. The highest BCUT2D eigenvalue weighted by molar-refractivity contribution is 7.88. The van der Waals surface area contributed by atoms with Gasteiger partial charge in [-0.1, -0.05) is 6.07 Å². The molecule has 2 N–H and O–H groups in total. The van der Waals surface area contributed by atoms with Crippen molar-refractivity contribution in [3.63, 3.8) is 0 Å². The number of ether oxygens (including phenoxy) is 1. The molecule has 0 bridgehead atoms. The lowest BCUT2D eigenvalue weighted by molar-refractivity contribution is 0.413. The quantitative estimate of drug-likeness (QED) is 0.743. The summed E-state index contributed by atoms with van der Waals surface area (Å²) in [7, 11) is -1.40. The lowest BCUT2D eigenvalue weighted by Crippen LogP contribution is -2.27. The fourth-order valence-electron chi connectivity index (χ4n) is 2.54. The van der Waals surface area contributed by atoms with Gasteiger partial charge in [-0.05, 0) is 49.1 Å². The van der Waals surface area contributed by atoms with Crippen molar-refractivity contribution in [2.24, 2.45) is 0 Å². The van der Waals surface area contributed by atoms with Crippen LogP contribution in [0.5, 0.6) is 5.75 Å². The number of fused-ring (bicyclic) bond motifs is 1.